The van der Waals surface area contributed by atoms with Gasteiger partial charge in [0.25, 0.3) is 0 Å². The molecule has 0 atom stereocenters. The number of aliphatic hydroxyl groups excluding tert-OH is 1. The van der Waals surface area contributed by atoms with E-state index >= 15 is 0 Å². The predicted molar refractivity (Wildman–Crippen MR) is 58.1 cm³/mol. The van der Waals surface area contributed by atoms with Crippen LogP contribution in [-0.2, 0) is 11.3 Å². The fraction of sp³-hybridized carbons (Fsp3) is 0.545. The number of aliphatic hydroxyl groups is 1. The van der Waals surface area contributed by atoms with Crippen LogP contribution in [0.25, 0.3) is 0 Å². The second-order valence-electron chi connectivity index (χ2n) is 3.36. The predicted octanol–water partition coefficient (Wildman–Crippen LogP) is 0.880. The molecule has 1 N–H and O–H groups in total. The number of carbonyl (C=O) groups excluding carboxylic acids is 1. The number of ether oxygens (including phenoxy) is 1. The summed E-state index contributed by atoms with van der Waals surface area (Å²) >= 11 is 0. The smallest absolute Gasteiger partial charge is 0.374 e. The average Bonchev–Trinajstić information content (AvgIpc) is 2.75. The van der Waals surface area contributed by atoms with Crippen molar-refractivity contribution in [3.8, 4) is 0 Å². The molecule has 0 amide bonds. The number of nitrogens with zero attached hydrogens (tertiary/aromatic N) is 1. The van der Waals surface area contributed by atoms with Crippen molar-refractivity contribution in [3.63, 3.8) is 0 Å². The minimum Gasteiger partial charge on any atom is -0.463 e. The normalized spacial score (nSPS) is 10.8. The van der Waals surface area contributed by atoms with Gasteiger partial charge in [-0.15, -0.1) is 0 Å². The fourth-order valence-electron chi connectivity index (χ4n) is 1.46. The largest absolute Gasteiger partial charge is 0.463 e. The highest BCUT2D eigenvalue weighted by molar-refractivity contribution is 5.87. The van der Waals surface area contributed by atoms with Crippen molar-refractivity contribution in [2.75, 3.05) is 26.8 Å². The Morgan fingerprint density at radius 1 is 1.62 bits per heavy atom. The topological polar surface area (TPSA) is 62.9 Å². The Hall–Kier alpha value is -1.33. The minimum atomic E-state index is -0.472. The van der Waals surface area contributed by atoms with E-state index in [0.717, 1.165) is 12.1 Å². The summed E-state index contributed by atoms with van der Waals surface area (Å²) in [4.78, 5) is 13.4. The molecule has 5 nitrogen and oxygen atoms in total. The highest BCUT2D eigenvalue weighted by Crippen LogP contribution is 2.14. The molecule has 1 rings (SSSR count). The van der Waals surface area contributed by atoms with Crippen LogP contribution in [0.1, 0.15) is 23.0 Å². The summed E-state index contributed by atoms with van der Waals surface area (Å²) in [7, 11) is 1.32. The van der Waals surface area contributed by atoms with Crippen molar-refractivity contribution in [2.24, 2.45) is 0 Å². The van der Waals surface area contributed by atoms with Crippen molar-refractivity contribution in [3.05, 3.63) is 23.7 Å². The first-order valence-electron chi connectivity index (χ1n) is 5.20. The molecule has 0 saturated heterocycles. The first kappa shape index (κ1) is 12.7. The van der Waals surface area contributed by atoms with Crippen LogP contribution in [0.15, 0.2) is 16.7 Å². The van der Waals surface area contributed by atoms with Crippen LogP contribution in [0, 0.1) is 0 Å². The van der Waals surface area contributed by atoms with Crippen LogP contribution in [0.4, 0.5) is 0 Å². The third-order valence-electron chi connectivity index (χ3n) is 2.37. The molecule has 0 aliphatic rings. The SMILES string of the molecule is CCN(CCO)Cc1ccoc1C(=O)OC. The van der Waals surface area contributed by atoms with Gasteiger partial charge in [-0.1, -0.05) is 6.92 Å². The first-order valence-corrected chi connectivity index (χ1v) is 5.20. The van der Waals surface area contributed by atoms with Crippen molar-refractivity contribution >= 4 is 5.97 Å². The standard InChI is InChI=1S/C11H17NO4/c1-3-12(5-6-13)8-9-4-7-16-10(9)11(14)15-2/h4,7,13H,3,5-6,8H2,1-2H3. The molecular weight excluding hydrogens is 210 g/mol. The molecule has 1 aromatic rings. The Labute approximate surface area is 94.6 Å². The molecule has 0 aliphatic heterocycles. The van der Waals surface area contributed by atoms with Crippen molar-refractivity contribution < 1.29 is 19.1 Å². The Morgan fingerprint density at radius 2 is 2.38 bits per heavy atom. The lowest BCUT2D eigenvalue weighted by molar-refractivity contribution is 0.0561. The van der Waals surface area contributed by atoms with Gasteiger partial charge in [0.05, 0.1) is 20.0 Å². The first-order chi connectivity index (χ1) is 7.72. The zero-order valence-corrected chi connectivity index (χ0v) is 9.60. The molecule has 0 radical (unpaired) electrons. The van der Waals surface area contributed by atoms with E-state index in [1.165, 1.54) is 13.4 Å². The number of methoxy groups -OCH3 is 1. The number of hydrogen-bond donors (Lipinski definition) is 1. The van der Waals surface area contributed by atoms with E-state index in [-0.39, 0.29) is 12.4 Å². The van der Waals surface area contributed by atoms with Gasteiger partial charge in [-0.3, -0.25) is 4.90 Å². The number of hydrogen-bond acceptors (Lipinski definition) is 5. The molecule has 90 valence electrons. The lowest BCUT2D eigenvalue weighted by Gasteiger charge is -2.18. The Kier molecular flexibility index (Phi) is 5.01. The van der Waals surface area contributed by atoms with Gasteiger partial charge < -0.3 is 14.3 Å². The lowest BCUT2D eigenvalue weighted by Crippen LogP contribution is -2.26. The third kappa shape index (κ3) is 3.08. The zero-order chi connectivity index (χ0) is 12.0. The molecular formula is C11H17NO4. The van der Waals surface area contributed by atoms with Crippen LogP contribution < -0.4 is 0 Å². The van der Waals surface area contributed by atoms with Gasteiger partial charge >= 0.3 is 5.97 Å². The Bertz CT molecular complexity index is 334. The summed E-state index contributed by atoms with van der Waals surface area (Å²) in [5.41, 5.74) is 0.780. The van der Waals surface area contributed by atoms with Crippen LogP contribution in [-0.4, -0.2) is 42.8 Å². The van der Waals surface area contributed by atoms with Gasteiger partial charge in [0.15, 0.2) is 0 Å². The molecule has 0 aliphatic carbocycles. The summed E-state index contributed by atoms with van der Waals surface area (Å²) in [6.07, 6.45) is 1.47. The average molecular weight is 227 g/mol. The maximum atomic E-state index is 11.3. The Morgan fingerprint density at radius 3 is 2.94 bits per heavy atom. The van der Waals surface area contributed by atoms with Crippen molar-refractivity contribution in [2.45, 2.75) is 13.5 Å². The highest BCUT2D eigenvalue weighted by Gasteiger charge is 2.17. The molecule has 0 spiro atoms. The van der Waals surface area contributed by atoms with Crippen molar-refractivity contribution in [1.82, 2.24) is 4.90 Å². The quantitative estimate of drug-likeness (QED) is 0.731. The van der Waals surface area contributed by atoms with Crippen LogP contribution >= 0.6 is 0 Å². The van der Waals surface area contributed by atoms with Crippen LogP contribution in [0.5, 0.6) is 0 Å². The maximum Gasteiger partial charge on any atom is 0.374 e. The summed E-state index contributed by atoms with van der Waals surface area (Å²) in [5.74, 6) is -0.237. The second-order valence-corrected chi connectivity index (χ2v) is 3.36. The van der Waals surface area contributed by atoms with E-state index in [4.69, 9.17) is 9.52 Å². The fourth-order valence-corrected chi connectivity index (χ4v) is 1.46. The maximum absolute atomic E-state index is 11.3. The van der Waals surface area contributed by atoms with E-state index in [0.29, 0.717) is 13.1 Å². The van der Waals surface area contributed by atoms with E-state index in [1.807, 2.05) is 11.8 Å². The molecule has 1 aromatic heterocycles. The number of rotatable bonds is 6. The molecule has 5 heteroatoms. The minimum absolute atomic E-state index is 0.0965. The summed E-state index contributed by atoms with van der Waals surface area (Å²) in [6.45, 7) is 4.03. The zero-order valence-electron chi connectivity index (χ0n) is 9.60. The molecule has 0 bridgehead atoms. The third-order valence-corrected chi connectivity index (χ3v) is 2.37. The molecule has 0 aromatic carbocycles. The summed E-state index contributed by atoms with van der Waals surface area (Å²) in [6, 6.07) is 1.74. The van der Waals surface area contributed by atoms with Crippen molar-refractivity contribution in [1.29, 1.82) is 0 Å². The monoisotopic (exact) mass is 227 g/mol. The number of furan rings is 1. The van der Waals surface area contributed by atoms with Gasteiger partial charge in [0.2, 0.25) is 5.76 Å². The van der Waals surface area contributed by atoms with Gasteiger partial charge in [0.1, 0.15) is 0 Å². The Balaban J connectivity index is 2.72. The van der Waals surface area contributed by atoms with E-state index in [9.17, 15) is 4.79 Å². The highest BCUT2D eigenvalue weighted by atomic mass is 16.5. The lowest BCUT2D eigenvalue weighted by atomic mass is 10.2. The number of likely N-dealkylation sites (N-methyl/N-ethyl adjacent to an activating group) is 1. The summed E-state index contributed by atoms with van der Waals surface area (Å²) in [5, 5.41) is 8.86. The van der Waals surface area contributed by atoms with Gasteiger partial charge in [-0.25, -0.2) is 4.79 Å². The van der Waals surface area contributed by atoms with E-state index < -0.39 is 5.97 Å². The van der Waals surface area contributed by atoms with Gasteiger partial charge in [-0.2, -0.15) is 0 Å². The second kappa shape index (κ2) is 6.30. The molecule has 0 unspecified atom stereocenters. The van der Waals surface area contributed by atoms with Crippen LogP contribution in [0.2, 0.25) is 0 Å². The summed E-state index contributed by atoms with van der Waals surface area (Å²) < 4.78 is 9.69. The molecule has 16 heavy (non-hydrogen) atoms. The number of esters is 1. The molecule has 1 heterocycles. The number of carbonyl (C=O) groups is 1. The van der Waals surface area contributed by atoms with Gasteiger partial charge in [-0.05, 0) is 12.6 Å². The molecule has 0 fully saturated rings. The van der Waals surface area contributed by atoms with Crippen LogP contribution in [0.3, 0.4) is 0 Å². The van der Waals surface area contributed by atoms with E-state index in [2.05, 4.69) is 4.74 Å². The van der Waals surface area contributed by atoms with E-state index in [1.54, 1.807) is 6.07 Å². The molecule has 0 saturated carbocycles. The van der Waals surface area contributed by atoms with Gasteiger partial charge in [0, 0.05) is 18.7 Å².